The van der Waals surface area contributed by atoms with E-state index in [1.807, 2.05) is 36.4 Å². The smallest absolute Gasteiger partial charge is 0.272 e. The van der Waals surface area contributed by atoms with Gasteiger partial charge in [-0.15, -0.1) is 17.9 Å². The zero-order chi connectivity index (χ0) is 18.8. The molecule has 0 aliphatic rings. The normalized spacial score (nSPS) is 11.1. The molecule has 27 heavy (non-hydrogen) atoms. The summed E-state index contributed by atoms with van der Waals surface area (Å²) in [4.78, 5) is 23.0. The molecule has 0 unspecified atom stereocenters. The van der Waals surface area contributed by atoms with Crippen LogP contribution in [0.2, 0.25) is 0 Å². The lowest BCUT2D eigenvalue weighted by atomic mass is 10.2. The summed E-state index contributed by atoms with van der Waals surface area (Å²) in [5.41, 5.74) is 1.72. The Balaban J connectivity index is 1.76. The number of thioether (sulfide) groups is 1. The number of fused-ring (bicyclic) bond motifs is 1. The highest BCUT2D eigenvalue weighted by Crippen LogP contribution is 2.32. The monoisotopic (exact) mass is 396 g/mol. The van der Waals surface area contributed by atoms with E-state index in [4.69, 9.17) is 9.51 Å². The molecule has 0 fully saturated rings. The van der Waals surface area contributed by atoms with E-state index in [2.05, 4.69) is 16.7 Å². The molecule has 0 aliphatic carbocycles. The third kappa shape index (κ3) is 3.58. The van der Waals surface area contributed by atoms with Crippen molar-refractivity contribution < 1.29 is 4.52 Å². The van der Waals surface area contributed by atoms with Gasteiger partial charge in [-0.05, 0) is 18.6 Å². The number of thiophene rings is 1. The topological polar surface area (TPSA) is 73.8 Å². The van der Waals surface area contributed by atoms with Gasteiger partial charge < -0.3 is 4.52 Å². The van der Waals surface area contributed by atoms with Gasteiger partial charge >= 0.3 is 0 Å². The Kier molecular flexibility index (Phi) is 4.91. The van der Waals surface area contributed by atoms with E-state index in [0.29, 0.717) is 39.4 Å². The van der Waals surface area contributed by atoms with Crippen LogP contribution in [0.15, 0.2) is 63.5 Å². The fraction of sp³-hybridized carbons (Fsp3) is 0.158. The first-order chi connectivity index (χ1) is 13.2. The van der Waals surface area contributed by atoms with Crippen molar-refractivity contribution in [3.63, 3.8) is 0 Å². The average molecular weight is 396 g/mol. The third-order valence-corrected chi connectivity index (χ3v) is 5.99. The molecule has 0 bridgehead atoms. The van der Waals surface area contributed by atoms with Crippen LogP contribution in [0.4, 0.5) is 0 Å². The van der Waals surface area contributed by atoms with Gasteiger partial charge in [-0.2, -0.15) is 4.98 Å². The molecule has 0 saturated heterocycles. The summed E-state index contributed by atoms with van der Waals surface area (Å²) in [5.74, 6) is 1.54. The van der Waals surface area contributed by atoms with Crippen molar-refractivity contribution >= 4 is 33.3 Å². The number of hydrogen-bond donors (Lipinski definition) is 0. The number of hydrogen-bond acceptors (Lipinski definition) is 7. The van der Waals surface area contributed by atoms with Gasteiger partial charge in [0.25, 0.3) is 5.56 Å². The van der Waals surface area contributed by atoms with Gasteiger partial charge in [0.2, 0.25) is 5.89 Å². The van der Waals surface area contributed by atoms with Crippen LogP contribution >= 0.6 is 23.1 Å². The number of aromatic nitrogens is 4. The number of allylic oxidation sites excluding steroid dienone is 1. The summed E-state index contributed by atoms with van der Waals surface area (Å²) in [7, 11) is 0. The maximum absolute atomic E-state index is 13.0. The van der Waals surface area contributed by atoms with Gasteiger partial charge in [-0.25, -0.2) is 4.98 Å². The molecule has 0 atom stereocenters. The molecule has 0 amide bonds. The molecule has 3 heterocycles. The predicted octanol–water partition coefficient (Wildman–Crippen LogP) is 4.29. The van der Waals surface area contributed by atoms with Crippen molar-refractivity contribution in [3.05, 3.63) is 71.1 Å². The summed E-state index contributed by atoms with van der Waals surface area (Å²) in [6.07, 6.45) is 1.70. The predicted molar refractivity (Wildman–Crippen MR) is 108 cm³/mol. The van der Waals surface area contributed by atoms with Crippen LogP contribution in [0.25, 0.3) is 20.7 Å². The molecule has 0 spiro atoms. The Labute approximate surface area is 163 Å². The maximum Gasteiger partial charge on any atom is 0.272 e. The first-order valence-electron chi connectivity index (χ1n) is 8.28. The van der Waals surface area contributed by atoms with Crippen LogP contribution in [0, 0.1) is 6.92 Å². The lowest BCUT2D eigenvalue weighted by Gasteiger charge is -2.08. The molecule has 8 heteroatoms. The lowest BCUT2D eigenvalue weighted by molar-refractivity contribution is 0.387. The molecule has 0 saturated carbocycles. The second-order valence-electron chi connectivity index (χ2n) is 5.81. The van der Waals surface area contributed by atoms with E-state index in [9.17, 15) is 4.79 Å². The Morgan fingerprint density at radius 3 is 2.81 bits per heavy atom. The van der Waals surface area contributed by atoms with E-state index >= 15 is 0 Å². The molecular weight excluding hydrogens is 380 g/mol. The van der Waals surface area contributed by atoms with Crippen LogP contribution in [-0.4, -0.2) is 19.7 Å². The van der Waals surface area contributed by atoms with Gasteiger partial charge in [-0.3, -0.25) is 9.36 Å². The SMILES string of the molecule is C=CCn1c(SCc2nc(C)no2)nc2cc(-c3ccccc3)sc2c1=O. The molecule has 4 rings (SSSR count). The Bertz CT molecular complexity index is 1160. The number of nitrogens with zero attached hydrogens (tertiary/aromatic N) is 4. The first kappa shape index (κ1) is 17.7. The second kappa shape index (κ2) is 7.50. The third-order valence-electron chi connectivity index (χ3n) is 3.86. The van der Waals surface area contributed by atoms with Crippen LogP contribution < -0.4 is 5.56 Å². The highest BCUT2D eigenvalue weighted by atomic mass is 32.2. The Morgan fingerprint density at radius 2 is 2.11 bits per heavy atom. The first-order valence-corrected chi connectivity index (χ1v) is 10.1. The van der Waals surface area contributed by atoms with Gasteiger partial charge in [0.1, 0.15) is 4.70 Å². The summed E-state index contributed by atoms with van der Waals surface area (Å²) in [6, 6.07) is 12.0. The zero-order valence-electron chi connectivity index (χ0n) is 14.6. The molecule has 1 aromatic carbocycles. The minimum atomic E-state index is -0.0590. The lowest BCUT2D eigenvalue weighted by Crippen LogP contribution is -2.21. The summed E-state index contributed by atoms with van der Waals surface area (Å²) < 4.78 is 7.43. The molecular formula is C19H16N4O2S2. The van der Waals surface area contributed by atoms with E-state index in [1.165, 1.54) is 23.1 Å². The van der Waals surface area contributed by atoms with Crippen LogP contribution in [0.3, 0.4) is 0 Å². The average Bonchev–Trinajstić information content (AvgIpc) is 3.30. The molecule has 3 aromatic heterocycles. The fourth-order valence-electron chi connectivity index (χ4n) is 2.66. The summed E-state index contributed by atoms with van der Waals surface area (Å²) in [5, 5.41) is 4.40. The van der Waals surface area contributed by atoms with Gasteiger partial charge in [0.05, 0.1) is 11.3 Å². The summed E-state index contributed by atoms with van der Waals surface area (Å²) >= 11 is 2.86. The maximum atomic E-state index is 13.0. The molecule has 0 N–H and O–H groups in total. The van der Waals surface area contributed by atoms with Crippen molar-refractivity contribution in [2.75, 3.05) is 0 Å². The van der Waals surface area contributed by atoms with Crippen molar-refractivity contribution in [1.82, 2.24) is 19.7 Å². The second-order valence-corrected chi connectivity index (χ2v) is 7.81. The number of rotatable bonds is 6. The molecule has 6 nitrogen and oxygen atoms in total. The van der Waals surface area contributed by atoms with Gasteiger partial charge in [-0.1, -0.05) is 53.3 Å². The molecule has 136 valence electrons. The van der Waals surface area contributed by atoms with Crippen molar-refractivity contribution in [2.24, 2.45) is 0 Å². The minimum Gasteiger partial charge on any atom is -0.338 e. The van der Waals surface area contributed by atoms with E-state index in [0.717, 1.165) is 10.4 Å². The summed E-state index contributed by atoms with van der Waals surface area (Å²) in [6.45, 7) is 5.92. The van der Waals surface area contributed by atoms with E-state index < -0.39 is 0 Å². The Hall–Kier alpha value is -2.71. The van der Waals surface area contributed by atoms with E-state index in [1.54, 1.807) is 17.6 Å². The molecule has 0 aliphatic heterocycles. The highest BCUT2D eigenvalue weighted by molar-refractivity contribution is 7.98. The fourth-order valence-corrected chi connectivity index (χ4v) is 4.56. The van der Waals surface area contributed by atoms with Crippen molar-refractivity contribution in [3.8, 4) is 10.4 Å². The number of aryl methyl sites for hydroxylation is 1. The number of benzene rings is 1. The van der Waals surface area contributed by atoms with Crippen molar-refractivity contribution in [1.29, 1.82) is 0 Å². The molecule has 4 aromatic rings. The van der Waals surface area contributed by atoms with E-state index in [-0.39, 0.29) is 5.56 Å². The highest BCUT2D eigenvalue weighted by Gasteiger charge is 2.16. The van der Waals surface area contributed by atoms with Crippen LogP contribution in [0.1, 0.15) is 11.7 Å². The van der Waals surface area contributed by atoms with Crippen molar-refractivity contribution in [2.45, 2.75) is 24.4 Å². The molecule has 0 radical (unpaired) electrons. The van der Waals surface area contributed by atoms with Gasteiger partial charge in [0.15, 0.2) is 11.0 Å². The van der Waals surface area contributed by atoms with Gasteiger partial charge in [0, 0.05) is 11.4 Å². The van der Waals surface area contributed by atoms with Crippen LogP contribution in [-0.2, 0) is 12.3 Å². The minimum absolute atomic E-state index is 0.0590. The standard InChI is InChI=1S/C19H16N4O2S2/c1-3-9-23-18(24)17-14(10-15(27-17)13-7-5-4-6-8-13)21-19(23)26-11-16-20-12(2)22-25-16/h3-8,10H,1,9,11H2,2H3. The van der Waals surface area contributed by atoms with Crippen LogP contribution in [0.5, 0.6) is 0 Å². The Morgan fingerprint density at radius 1 is 1.30 bits per heavy atom. The largest absolute Gasteiger partial charge is 0.338 e. The quantitative estimate of drug-likeness (QED) is 0.275. The zero-order valence-corrected chi connectivity index (χ0v) is 16.2.